The van der Waals surface area contributed by atoms with Crippen LogP contribution in [0.25, 0.3) is 0 Å². The van der Waals surface area contributed by atoms with Gasteiger partial charge in [-0.3, -0.25) is 0 Å². The van der Waals surface area contributed by atoms with E-state index in [0.29, 0.717) is 9.79 Å². The molecule has 0 spiro atoms. The fraction of sp³-hybridized carbons (Fsp3) is 0.143. The monoisotopic (exact) mass is 259 g/mol. The normalized spacial score (nSPS) is 14.0. The van der Waals surface area contributed by atoms with E-state index in [-0.39, 0.29) is 0 Å². The van der Waals surface area contributed by atoms with Crippen molar-refractivity contribution in [3.05, 3.63) is 54.1 Å². The highest BCUT2D eigenvalue weighted by molar-refractivity contribution is 7.91. The van der Waals surface area contributed by atoms with E-state index in [0.717, 1.165) is 24.2 Å². The molecule has 0 saturated carbocycles. The first-order valence-electron chi connectivity index (χ1n) is 5.85. The Bertz CT molecular complexity index is 678. The quantitative estimate of drug-likeness (QED) is 0.901. The van der Waals surface area contributed by atoms with Gasteiger partial charge in [-0.2, -0.15) is 0 Å². The highest BCUT2D eigenvalue weighted by Gasteiger charge is 2.24. The first-order chi connectivity index (χ1) is 8.69. The smallest absolute Gasteiger partial charge is 0.208 e. The van der Waals surface area contributed by atoms with Gasteiger partial charge in [-0.05, 0) is 30.2 Å². The number of fused-ring (bicyclic) bond motifs is 1. The van der Waals surface area contributed by atoms with Crippen molar-refractivity contribution < 1.29 is 8.42 Å². The van der Waals surface area contributed by atoms with Crippen LogP contribution >= 0.6 is 0 Å². The number of sulfone groups is 1. The summed E-state index contributed by atoms with van der Waals surface area (Å²) in [7, 11) is -3.43. The first kappa shape index (κ1) is 11.3. The molecule has 0 unspecified atom stereocenters. The number of rotatable bonds is 2. The van der Waals surface area contributed by atoms with E-state index in [1.54, 1.807) is 30.3 Å². The molecule has 0 bridgehead atoms. The van der Waals surface area contributed by atoms with Crippen LogP contribution in [-0.4, -0.2) is 15.0 Å². The van der Waals surface area contributed by atoms with Crippen molar-refractivity contribution in [1.82, 2.24) is 0 Å². The number of benzene rings is 2. The Kier molecular flexibility index (Phi) is 2.59. The molecule has 92 valence electrons. The maximum absolute atomic E-state index is 12.6. The van der Waals surface area contributed by atoms with Crippen molar-refractivity contribution in [3.8, 4) is 0 Å². The van der Waals surface area contributed by atoms with Crippen LogP contribution < -0.4 is 5.32 Å². The molecule has 1 aliphatic rings. The molecule has 1 N–H and O–H groups in total. The van der Waals surface area contributed by atoms with Crippen LogP contribution in [0.3, 0.4) is 0 Å². The summed E-state index contributed by atoms with van der Waals surface area (Å²) in [5.74, 6) is 0. The van der Waals surface area contributed by atoms with Gasteiger partial charge >= 0.3 is 0 Å². The highest BCUT2D eigenvalue weighted by Crippen LogP contribution is 2.33. The number of para-hydroxylation sites is 1. The van der Waals surface area contributed by atoms with Crippen molar-refractivity contribution in [2.24, 2.45) is 0 Å². The fourth-order valence-electron chi connectivity index (χ4n) is 2.26. The van der Waals surface area contributed by atoms with Crippen LogP contribution in [0.1, 0.15) is 5.56 Å². The predicted molar refractivity (Wildman–Crippen MR) is 70.5 cm³/mol. The first-order valence-corrected chi connectivity index (χ1v) is 7.34. The van der Waals surface area contributed by atoms with Crippen molar-refractivity contribution in [3.63, 3.8) is 0 Å². The average molecular weight is 259 g/mol. The lowest BCUT2D eigenvalue weighted by Crippen LogP contribution is -2.05. The van der Waals surface area contributed by atoms with Crippen LogP contribution in [0, 0.1) is 0 Å². The molecule has 0 amide bonds. The molecule has 2 aromatic carbocycles. The number of hydrogen-bond donors (Lipinski definition) is 1. The van der Waals surface area contributed by atoms with Crippen LogP contribution in [0.5, 0.6) is 0 Å². The second-order valence-corrected chi connectivity index (χ2v) is 6.20. The van der Waals surface area contributed by atoms with Crippen molar-refractivity contribution in [2.45, 2.75) is 16.2 Å². The zero-order valence-corrected chi connectivity index (χ0v) is 10.6. The molecule has 18 heavy (non-hydrogen) atoms. The minimum atomic E-state index is -3.43. The van der Waals surface area contributed by atoms with Gasteiger partial charge in [-0.15, -0.1) is 0 Å². The van der Waals surface area contributed by atoms with Gasteiger partial charge in [-0.1, -0.05) is 30.3 Å². The van der Waals surface area contributed by atoms with Gasteiger partial charge in [0.25, 0.3) is 0 Å². The minimum Gasteiger partial charge on any atom is -0.383 e. The third-order valence-corrected chi connectivity index (χ3v) is 4.96. The minimum absolute atomic E-state index is 0.340. The Labute approximate surface area is 106 Å². The second-order valence-electron chi connectivity index (χ2n) is 4.28. The Morgan fingerprint density at radius 2 is 1.72 bits per heavy atom. The van der Waals surface area contributed by atoms with Crippen LogP contribution in [0.15, 0.2) is 58.3 Å². The van der Waals surface area contributed by atoms with Gasteiger partial charge in [-0.25, -0.2) is 8.42 Å². The van der Waals surface area contributed by atoms with E-state index in [9.17, 15) is 8.42 Å². The van der Waals surface area contributed by atoms with Crippen LogP contribution in [-0.2, 0) is 16.3 Å². The molecule has 0 aromatic heterocycles. The molecule has 0 aliphatic carbocycles. The molecule has 0 radical (unpaired) electrons. The Morgan fingerprint density at radius 3 is 2.50 bits per heavy atom. The predicted octanol–water partition coefficient (Wildman–Crippen LogP) is 2.49. The third-order valence-electron chi connectivity index (χ3n) is 3.15. The molecule has 0 saturated heterocycles. The Hall–Kier alpha value is -1.81. The largest absolute Gasteiger partial charge is 0.383 e. The number of anilines is 1. The molecular formula is C14H13NO2S. The molecule has 1 heterocycles. The lowest BCUT2D eigenvalue weighted by molar-refractivity contribution is 0.596. The van der Waals surface area contributed by atoms with Gasteiger partial charge in [0.05, 0.1) is 15.5 Å². The molecule has 2 aromatic rings. The zero-order valence-electron chi connectivity index (χ0n) is 9.76. The van der Waals surface area contributed by atoms with E-state index in [4.69, 9.17) is 0 Å². The van der Waals surface area contributed by atoms with E-state index in [2.05, 4.69) is 5.32 Å². The molecule has 3 rings (SSSR count). The molecule has 3 nitrogen and oxygen atoms in total. The van der Waals surface area contributed by atoms with Gasteiger partial charge in [0, 0.05) is 6.54 Å². The van der Waals surface area contributed by atoms with E-state index in [1.165, 1.54) is 0 Å². The highest BCUT2D eigenvalue weighted by atomic mass is 32.2. The molecule has 4 heteroatoms. The second kappa shape index (κ2) is 4.14. The summed E-state index contributed by atoms with van der Waals surface area (Å²) in [4.78, 5) is 0.718. The van der Waals surface area contributed by atoms with E-state index >= 15 is 0 Å². The lowest BCUT2D eigenvalue weighted by atomic mass is 10.2. The maximum Gasteiger partial charge on any atom is 0.208 e. The van der Waals surface area contributed by atoms with E-state index < -0.39 is 9.84 Å². The lowest BCUT2D eigenvalue weighted by Gasteiger charge is -2.09. The number of hydrogen-bond acceptors (Lipinski definition) is 3. The summed E-state index contributed by atoms with van der Waals surface area (Å²) < 4.78 is 25.1. The third kappa shape index (κ3) is 1.69. The molecule has 0 fully saturated rings. The molecular weight excluding hydrogens is 246 g/mol. The van der Waals surface area contributed by atoms with Crippen LogP contribution in [0.2, 0.25) is 0 Å². The molecule has 0 atom stereocenters. The Morgan fingerprint density at radius 1 is 0.944 bits per heavy atom. The molecule has 1 aliphatic heterocycles. The summed E-state index contributed by atoms with van der Waals surface area (Å²) in [6.07, 6.45) is 0.882. The van der Waals surface area contributed by atoms with E-state index in [1.807, 2.05) is 18.2 Å². The fourth-order valence-corrected chi connectivity index (χ4v) is 3.76. The SMILES string of the molecule is O=S(=O)(c1ccccc1)c1cccc2c1NCC2. The van der Waals surface area contributed by atoms with Gasteiger partial charge in [0.2, 0.25) is 9.84 Å². The van der Waals surface area contributed by atoms with Gasteiger partial charge in [0.15, 0.2) is 0 Å². The van der Waals surface area contributed by atoms with Crippen molar-refractivity contribution in [2.75, 3.05) is 11.9 Å². The van der Waals surface area contributed by atoms with Gasteiger partial charge < -0.3 is 5.32 Å². The Balaban J connectivity index is 2.19. The standard InChI is InChI=1S/C14H13NO2S/c16-18(17,12-6-2-1-3-7-12)13-8-4-5-11-9-10-15-14(11)13/h1-8,15H,9-10H2. The summed E-state index contributed by atoms with van der Waals surface area (Å²) in [6, 6.07) is 14.0. The topological polar surface area (TPSA) is 46.2 Å². The maximum atomic E-state index is 12.6. The van der Waals surface area contributed by atoms with Crippen molar-refractivity contribution in [1.29, 1.82) is 0 Å². The van der Waals surface area contributed by atoms with Crippen molar-refractivity contribution >= 4 is 15.5 Å². The number of nitrogens with one attached hydrogen (secondary N) is 1. The van der Waals surface area contributed by atoms with Gasteiger partial charge in [0.1, 0.15) is 0 Å². The summed E-state index contributed by atoms with van der Waals surface area (Å²) in [5.41, 5.74) is 1.84. The summed E-state index contributed by atoms with van der Waals surface area (Å²) >= 11 is 0. The summed E-state index contributed by atoms with van der Waals surface area (Å²) in [5, 5.41) is 3.17. The average Bonchev–Trinajstić information content (AvgIpc) is 2.87. The summed E-state index contributed by atoms with van der Waals surface area (Å²) in [6.45, 7) is 0.802. The zero-order chi connectivity index (χ0) is 12.6. The van der Waals surface area contributed by atoms with Crippen LogP contribution in [0.4, 0.5) is 5.69 Å².